The van der Waals surface area contributed by atoms with Gasteiger partial charge in [-0.15, -0.1) is 0 Å². The first kappa shape index (κ1) is 32.8. The van der Waals surface area contributed by atoms with Gasteiger partial charge < -0.3 is 4.57 Å². The van der Waals surface area contributed by atoms with E-state index < -0.39 is 0 Å². The van der Waals surface area contributed by atoms with E-state index in [1.165, 1.54) is 60.2 Å². The van der Waals surface area contributed by atoms with Gasteiger partial charge >= 0.3 is 0 Å². The van der Waals surface area contributed by atoms with Gasteiger partial charge in [-0.2, -0.15) is 0 Å². The minimum Gasteiger partial charge on any atom is -0.310 e. The standard InChI is InChI=1S/C55H38N4/c1-2-13-36(14-3-1)54-44-19-8-10-20-47(44)56-55(57-54)59-48-21-11-9-16-41(48)45-32-37(25-29-49(45)59)38-26-30-50-46(33-38)53-40-15-5-4-12-34(40)24-31-51(53)58(50)39-27-22-35(23-28-39)52-42-17-6-7-18-43(42)52/h1-22,24-33,35,42-43,52H,23H2. The zero-order valence-electron chi connectivity index (χ0n) is 32.3. The summed E-state index contributed by atoms with van der Waals surface area (Å²) in [5.41, 5.74) is 11.2. The molecule has 1 saturated carbocycles. The van der Waals surface area contributed by atoms with Crippen molar-refractivity contribution in [3.05, 3.63) is 194 Å². The third-order valence-corrected chi connectivity index (χ3v) is 13.3. The lowest BCUT2D eigenvalue weighted by Crippen LogP contribution is -2.06. The van der Waals surface area contributed by atoms with E-state index in [-0.39, 0.29) is 0 Å². The molecule has 3 aliphatic rings. The van der Waals surface area contributed by atoms with E-state index >= 15 is 0 Å². The van der Waals surface area contributed by atoms with E-state index in [0.717, 1.165) is 45.5 Å². The van der Waals surface area contributed by atoms with E-state index in [4.69, 9.17) is 9.97 Å². The maximum absolute atomic E-state index is 5.29. The van der Waals surface area contributed by atoms with Crippen LogP contribution in [0.25, 0.3) is 99.3 Å². The number of aromatic nitrogens is 4. The molecule has 0 saturated heterocycles. The molecule has 3 heterocycles. The summed E-state index contributed by atoms with van der Waals surface area (Å²) in [4.78, 5) is 10.5. The van der Waals surface area contributed by atoms with Crippen molar-refractivity contribution < 1.29 is 0 Å². The molecule has 3 atom stereocenters. The van der Waals surface area contributed by atoms with Gasteiger partial charge in [0.15, 0.2) is 0 Å². The molecule has 4 heteroatoms. The molecule has 4 nitrogen and oxygen atoms in total. The number of fused-ring (bicyclic) bond motifs is 10. The third kappa shape index (κ3) is 4.96. The predicted octanol–water partition coefficient (Wildman–Crippen LogP) is 13.7. The van der Waals surface area contributed by atoms with E-state index in [1.807, 2.05) is 6.07 Å². The summed E-state index contributed by atoms with van der Waals surface area (Å²) in [7, 11) is 0. The SMILES string of the molecule is C1=CC2C(C=C1)C2C1C=CC(n2c3ccc(-c4ccc5c(c4)c4ccccc4n5-c4nc(-c5ccccc5)c5ccccc5n4)cc3c3c4ccccc4ccc32)=CC1. The molecule has 0 bridgehead atoms. The second-order valence-electron chi connectivity index (χ2n) is 16.5. The van der Waals surface area contributed by atoms with Crippen LogP contribution >= 0.6 is 0 Å². The molecule has 10 aromatic rings. The zero-order valence-corrected chi connectivity index (χ0v) is 32.3. The summed E-state index contributed by atoms with van der Waals surface area (Å²) >= 11 is 0. The quantitative estimate of drug-likeness (QED) is 0.175. The van der Waals surface area contributed by atoms with Crippen LogP contribution in [0.2, 0.25) is 0 Å². The highest BCUT2D eigenvalue weighted by Gasteiger charge is 2.50. The Kier molecular flexibility index (Phi) is 6.99. The Morgan fingerprint density at radius 2 is 1.14 bits per heavy atom. The molecule has 278 valence electrons. The Morgan fingerprint density at radius 3 is 1.93 bits per heavy atom. The first-order chi connectivity index (χ1) is 29.3. The van der Waals surface area contributed by atoms with Crippen molar-refractivity contribution >= 4 is 71.0 Å². The molecule has 3 unspecified atom stereocenters. The monoisotopic (exact) mass is 754 g/mol. The topological polar surface area (TPSA) is 35.6 Å². The Balaban J connectivity index is 0.963. The van der Waals surface area contributed by atoms with Crippen LogP contribution in [0, 0.1) is 23.7 Å². The fourth-order valence-electron chi connectivity index (χ4n) is 10.5. The molecule has 7 aromatic carbocycles. The van der Waals surface area contributed by atoms with Gasteiger partial charge in [0.25, 0.3) is 0 Å². The van der Waals surface area contributed by atoms with Crippen molar-refractivity contribution in [3.63, 3.8) is 0 Å². The van der Waals surface area contributed by atoms with Crippen LogP contribution < -0.4 is 0 Å². The molecule has 0 N–H and O–H groups in total. The van der Waals surface area contributed by atoms with E-state index in [9.17, 15) is 0 Å². The maximum atomic E-state index is 5.29. The van der Waals surface area contributed by atoms with Crippen LogP contribution in [0.15, 0.2) is 194 Å². The second kappa shape index (κ2) is 12.6. The number of hydrogen-bond donors (Lipinski definition) is 0. The predicted molar refractivity (Wildman–Crippen MR) is 246 cm³/mol. The summed E-state index contributed by atoms with van der Waals surface area (Å²) in [6.45, 7) is 0. The van der Waals surface area contributed by atoms with Gasteiger partial charge in [0.1, 0.15) is 0 Å². The summed E-state index contributed by atoms with van der Waals surface area (Å²) < 4.78 is 4.73. The highest BCUT2D eigenvalue weighted by molar-refractivity contribution is 6.22. The molecule has 0 spiro atoms. The van der Waals surface area contributed by atoms with Gasteiger partial charge in [-0.1, -0.05) is 146 Å². The van der Waals surface area contributed by atoms with Crippen molar-refractivity contribution in [1.29, 1.82) is 0 Å². The minimum absolute atomic E-state index is 0.584. The largest absolute Gasteiger partial charge is 0.310 e. The lowest BCUT2D eigenvalue weighted by atomic mass is 9.92. The smallest absolute Gasteiger partial charge is 0.235 e. The summed E-state index contributed by atoms with van der Waals surface area (Å²) in [6, 6.07) is 54.8. The van der Waals surface area contributed by atoms with Crippen molar-refractivity contribution in [2.75, 3.05) is 0 Å². The van der Waals surface area contributed by atoms with E-state index in [1.54, 1.807) is 0 Å². The van der Waals surface area contributed by atoms with Crippen LogP contribution in [0.1, 0.15) is 6.42 Å². The molecule has 0 amide bonds. The van der Waals surface area contributed by atoms with Crippen LogP contribution in [-0.4, -0.2) is 19.1 Å². The molecule has 0 aliphatic heterocycles. The van der Waals surface area contributed by atoms with E-state index in [0.29, 0.717) is 23.7 Å². The van der Waals surface area contributed by atoms with Gasteiger partial charge in [0.05, 0.1) is 33.3 Å². The molecule has 3 aliphatic carbocycles. The Hall–Kier alpha value is -7.30. The highest BCUT2D eigenvalue weighted by Crippen LogP contribution is 2.56. The molecular formula is C55H38N4. The first-order valence-electron chi connectivity index (χ1n) is 20.8. The average molecular weight is 755 g/mol. The van der Waals surface area contributed by atoms with Crippen molar-refractivity contribution in [3.8, 4) is 28.3 Å². The fraction of sp³-hybridized carbons (Fsp3) is 0.0909. The molecular weight excluding hydrogens is 717 g/mol. The molecule has 1 fully saturated rings. The zero-order chi connectivity index (χ0) is 38.6. The van der Waals surface area contributed by atoms with Crippen molar-refractivity contribution in [2.45, 2.75) is 6.42 Å². The number of allylic oxidation sites excluding steroid dienone is 8. The maximum Gasteiger partial charge on any atom is 0.235 e. The number of hydrogen-bond acceptors (Lipinski definition) is 2. The first-order valence-corrected chi connectivity index (χ1v) is 20.8. The summed E-state index contributed by atoms with van der Waals surface area (Å²) in [5, 5.41) is 8.52. The Bertz CT molecular complexity index is 3490. The lowest BCUT2D eigenvalue weighted by Gasteiger charge is -2.18. The Morgan fingerprint density at radius 1 is 0.475 bits per heavy atom. The van der Waals surface area contributed by atoms with Crippen LogP contribution in [0.4, 0.5) is 0 Å². The van der Waals surface area contributed by atoms with Gasteiger partial charge in [-0.3, -0.25) is 4.57 Å². The van der Waals surface area contributed by atoms with Crippen LogP contribution in [0.5, 0.6) is 0 Å². The average Bonchev–Trinajstić information content (AvgIpc) is 3.81. The Labute approximate surface area is 341 Å². The number of para-hydroxylation sites is 2. The number of benzene rings is 7. The van der Waals surface area contributed by atoms with Crippen molar-refractivity contribution in [1.82, 2.24) is 19.1 Å². The summed E-state index contributed by atoms with van der Waals surface area (Å²) in [6.07, 6.45) is 17.7. The molecule has 3 aromatic heterocycles. The number of rotatable bonds is 5. The summed E-state index contributed by atoms with van der Waals surface area (Å²) in [5.74, 6) is 3.39. The molecule has 13 rings (SSSR count). The second-order valence-corrected chi connectivity index (χ2v) is 16.5. The number of nitrogens with zero attached hydrogens (tertiary/aromatic N) is 4. The highest BCUT2D eigenvalue weighted by atomic mass is 15.2. The fourth-order valence-corrected chi connectivity index (χ4v) is 10.5. The van der Waals surface area contributed by atoms with Gasteiger partial charge in [-0.05, 0) is 101 Å². The molecule has 0 radical (unpaired) electrons. The van der Waals surface area contributed by atoms with Gasteiger partial charge in [-0.25, -0.2) is 9.97 Å². The van der Waals surface area contributed by atoms with Crippen molar-refractivity contribution in [2.24, 2.45) is 23.7 Å². The van der Waals surface area contributed by atoms with Gasteiger partial charge in [0, 0.05) is 38.2 Å². The normalized spacial score (nSPS) is 19.7. The van der Waals surface area contributed by atoms with Gasteiger partial charge in [0.2, 0.25) is 5.95 Å². The van der Waals surface area contributed by atoms with Crippen LogP contribution in [-0.2, 0) is 0 Å². The minimum atomic E-state index is 0.584. The molecule has 59 heavy (non-hydrogen) atoms. The third-order valence-electron chi connectivity index (χ3n) is 13.3. The van der Waals surface area contributed by atoms with Crippen LogP contribution in [0.3, 0.4) is 0 Å². The van der Waals surface area contributed by atoms with E-state index in [2.05, 4.69) is 197 Å². The lowest BCUT2D eigenvalue weighted by molar-refractivity contribution is 0.539.